The van der Waals surface area contributed by atoms with E-state index in [9.17, 15) is 13.2 Å². The van der Waals surface area contributed by atoms with Gasteiger partial charge < -0.3 is 4.57 Å². The molecule has 0 radical (unpaired) electrons. The lowest BCUT2D eigenvalue weighted by atomic mass is 10.0. The number of rotatable bonds is 3. The Labute approximate surface area is 167 Å². The van der Waals surface area contributed by atoms with Gasteiger partial charge in [-0.2, -0.15) is 4.99 Å². The number of carbonyl (C=O) groups is 1. The molecular weight excluding hydrogens is 394 g/mol. The molecule has 0 saturated carbocycles. The number of aryl methyl sites for hydroxylation is 2. The van der Waals surface area contributed by atoms with Gasteiger partial charge in [0.25, 0.3) is 15.9 Å². The second-order valence-electron chi connectivity index (χ2n) is 6.55. The molecule has 0 spiro atoms. The zero-order chi connectivity index (χ0) is 19.7. The number of hydrogen-bond acceptors (Lipinski definition) is 4. The second-order valence-corrected chi connectivity index (χ2v) is 9.29. The Kier molecular flexibility index (Phi) is 4.91. The molecule has 6 nitrogen and oxygen atoms in total. The summed E-state index contributed by atoms with van der Waals surface area (Å²) in [5, 5.41) is 1.83. The van der Waals surface area contributed by atoms with Crippen LogP contribution >= 0.6 is 11.3 Å². The molecule has 4 rings (SSSR count). The number of para-hydroxylation sites is 1. The molecule has 0 fully saturated rings. The number of aromatic nitrogens is 1. The van der Waals surface area contributed by atoms with E-state index in [1.807, 2.05) is 35.8 Å². The van der Waals surface area contributed by atoms with Crippen LogP contribution in [0.5, 0.6) is 0 Å². The molecule has 0 aliphatic carbocycles. The number of nitrogens with zero attached hydrogens (tertiary/aromatic N) is 3. The van der Waals surface area contributed by atoms with Crippen molar-refractivity contribution in [3.8, 4) is 0 Å². The van der Waals surface area contributed by atoms with Crippen LogP contribution in [0.15, 0.2) is 70.0 Å². The SMILES string of the molecule is Cn1ccsc1=NC(=O)c1cccc(S(=O)(=O)N2CCCc3ccccc32)c1. The summed E-state index contributed by atoms with van der Waals surface area (Å²) in [7, 11) is -1.96. The number of hydrogen-bond donors (Lipinski definition) is 0. The summed E-state index contributed by atoms with van der Waals surface area (Å²) >= 11 is 1.35. The first-order valence-electron chi connectivity index (χ1n) is 8.87. The van der Waals surface area contributed by atoms with Crippen molar-refractivity contribution < 1.29 is 13.2 Å². The Bertz CT molecular complexity index is 1210. The first kappa shape index (κ1) is 18.6. The number of anilines is 1. The molecule has 28 heavy (non-hydrogen) atoms. The second kappa shape index (κ2) is 7.37. The monoisotopic (exact) mass is 413 g/mol. The van der Waals surface area contributed by atoms with Gasteiger partial charge in [-0.15, -0.1) is 11.3 Å². The zero-order valence-electron chi connectivity index (χ0n) is 15.3. The van der Waals surface area contributed by atoms with Gasteiger partial charge in [0.2, 0.25) is 0 Å². The summed E-state index contributed by atoms with van der Waals surface area (Å²) < 4.78 is 29.7. The third-order valence-corrected chi connectivity index (χ3v) is 7.35. The van der Waals surface area contributed by atoms with Crippen LogP contribution < -0.4 is 9.11 Å². The van der Waals surface area contributed by atoms with Crippen molar-refractivity contribution in [3.63, 3.8) is 0 Å². The number of amides is 1. The topological polar surface area (TPSA) is 71.7 Å². The van der Waals surface area contributed by atoms with Crippen molar-refractivity contribution in [2.75, 3.05) is 10.8 Å². The van der Waals surface area contributed by atoms with Crippen LogP contribution in [0.1, 0.15) is 22.3 Å². The Morgan fingerprint density at radius 2 is 1.96 bits per heavy atom. The maximum atomic E-state index is 13.3. The van der Waals surface area contributed by atoms with E-state index in [4.69, 9.17) is 0 Å². The first-order chi connectivity index (χ1) is 13.5. The lowest BCUT2D eigenvalue weighted by Crippen LogP contribution is -2.35. The lowest BCUT2D eigenvalue weighted by Gasteiger charge is -2.30. The highest BCUT2D eigenvalue weighted by molar-refractivity contribution is 7.92. The van der Waals surface area contributed by atoms with Crippen molar-refractivity contribution in [2.24, 2.45) is 12.0 Å². The minimum atomic E-state index is -3.76. The maximum absolute atomic E-state index is 13.3. The van der Waals surface area contributed by atoms with Crippen LogP contribution in [-0.4, -0.2) is 25.4 Å². The molecule has 1 aromatic heterocycles. The standard InChI is InChI=1S/C20H19N3O3S2/c1-22-12-13-27-20(22)21-19(24)16-7-4-9-17(14-16)28(25,26)23-11-5-8-15-6-2-3-10-18(15)23/h2-4,6-7,9-10,12-14H,5,8,11H2,1H3. The summed E-state index contributed by atoms with van der Waals surface area (Å²) in [4.78, 5) is 17.3. The molecule has 0 N–H and O–H groups in total. The van der Waals surface area contributed by atoms with E-state index in [1.54, 1.807) is 23.7 Å². The zero-order valence-corrected chi connectivity index (χ0v) is 16.9. The van der Waals surface area contributed by atoms with E-state index in [0.29, 0.717) is 17.0 Å². The highest BCUT2D eigenvalue weighted by atomic mass is 32.2. The predicted molar refractivity (Wildman–Crippen MR) is 109 cm³/mol. The van der Waals surface area contributed by atoms with Gasteiger partial charge >= 0.3 is 0 Å². The van der Waals surface area contributed by atoms with Gasteiger partial charge in [-0.05, 0) is 42.7 Å². The number of fused-ring (bicyclic) bond motifs is 1. The van der Waals surface area contributed by atoms with E-state index in [0.717, 1.165) is 18.4 Å². The van der Waals surface area contributed by atoms with Crippen molar-refractivity contribution in [2.45, 2.75) is 17.7 Å². The van der Waals surface area contributed by atoms with Gasteiger partial charge in [0, 0.05) is 30.7 Å². The van der Waals surface area contributed by atoms with E-state index < -0.39 is 15.9 Å². The Morgan fingerprint density at radius 3 is 2.75 bits per heavy atom. The van der Waals surface area contributed by atoms with Gasteiger partial charge in [-0.3, -0.25) is 9.10 Å². The molecule has 1 aliphatic rings. The third kappa shape index (κ3) is 3.41. The summed E-state index contributed by atoms with van der Waals surface area (Å²) in [5.41, 5.74) is 1.98. The molecule has 2 heterocycles. The molecular formula is C20H19N3O3S2. The summed E-state index contributed by atoms with van der Waals surface area (Å²) in [6.07, 6.45) is 3.43. The van der Waals surface area contributed by atoms with Crippen LogP contribution in [0.25, 0.3) is 0 Å². The van der Waals surface area contributed by atoms with Gasteiger partial charge in [0.05, 0.1) is 10.6 Å². The number of thiazole rings is 1. The molecule has 3 aromatic rings. The van der Waals surface area contributed by atoms with E-state index in [-0.39, 0.29) is 10.5 Å². The summed E-state index contributed by atoms with van der Waals surface area (Å²) in [6, 6.07) is 13.6. The molecule has 0 atom stereocenters. The van der Waals surface area contributed by atoms with Crippen molar-refractivity contribution in [1.82, 2.24) is 4.57 Å². The normalized spacial score (nSPS) is 14.8. The van der Waals surface area contributed by atoms with Crippen molar-refractivity contribution in [3.05, 3.63) is 76.0 Å². The number of carbonyl (C=O) groups excluding carboxylic acids is 1. The van der Waals surface area contributed by atoms with Crippen LogP contribution in [0.3, 0.4) is 0 Å². The summed E-state index contributed by atoms with van der Waals surface area (Å²) in [6.45, 7) is 0.424. The molecule has 1 amide bonds. The Morgan fingerprint density at radius 1 is 1.14 bits per heavy atom. The third-order valence-electron chi connectivity index (χ3n) is 4.69. The highest BCUT2D eigenvalue weighted by Crippen LogP contribution is 2.31. The van der Waals surface area contributed by atoms with Gasteiger partial charge in [-0.25, -0.2) is 8.42 Å². The smallest absolute Gasteiger partial charge is 0.279 e. The predicted octanol–water partition coefficient (Wildman–Crippen LogP) is 2.97. The largest absolute Gasteiger partial charge is 0.327 e. The molecule has 0 saturated heterocycles. The minimum Gasteiger partial charge on any atom is -0.327 e. The van der Waals surface area contributed by atoms with E-state index >= 15 is 0 Å². The first-order valence-corrected chi connectivity index (χ1v) is 11.2. The molecule has 0 bridgehead atoms. The maximum Gasteiger partial charge on any atom is 0.279 e. The van der Waals surface area contributed by atoms with E-state index in [1.165, 1.54) is 27.8 Å². The van der Waals surface area contributed by atoms with Gasteiger partial charge in [0.1, 0.15) is 0 Å². The molecule has 1 aliphatic heterocycles. The molecule has 8 heteroatoms. The van der Waals surface area contributed by atoms with Crippen LogP contribution in [0.4, 0.5) is 5.69 Å². The van der Waals surface area contributed by atoms with Crippen molar-refractivity contribution >= 4 is 33.0 Å². The fraction of sp³-hybridized carbons (Fsp3) is 0.200. The van der Waals surface area contributed by atoms with E-state index in [2.05, 4.69) is 4.99 Å². The quantitative estimate of drug-likeness (QED) is 0.663. The Balaban J connectivity index is 1.72. The molecule has 2 aromatic carbocycles. The average Bonchev–Trinajstić information content (AvgIpc) is 3.12. The fourth-order valence-electron chi connectivity index (χ4n) is 3.25. The Hall–Kier alpha value is -2.71. The summed E-state index contributed by atoms with van der Waals surface area (Å²) in [5.74, 6) is -0.464. The average molecular weight is 414 g/mol. The highest BCUT2D eigenvalue weighted by Gasteiger charge is 2.29. The van der Waals surface area contributed by atoms with Crippen LogP contribution in [0.2, 0.25) is 0 Å². The fourth-order valence-corrected chi connectivity index (χ4v) is 5.57. The number of sulfonamides is 1. The lowest BCUT2D eigenvalue weighted by molar-refractivity contribution is 0.0997. The van der Waals surface area contributed by atoms with Crippen molar-refractivity contribution in [1.29, 1.82) is 0 Å². The number of benzene rings is 2. The van der Waals surface area contributed by atoms with Gasteiger partial charge in [-0.1, -0.05) is 24.3 Å². The molecule has 0 unspecified atom stereocenters. The molecule has 144 valence electrons. The minimum absolute atomic E-state index is 0.0980. The van der Waals surface area contributed by atoms with Crippen LogP contribution in [-0.2, 0) is 23.5 Å². The van der Waals surface area contributed by atoms with Crippen LogP contribution in [0, 0.1) is 0 Å². The van der Waals surface area contributed by atoms with Gasteiger partial charge in [0.15, 0.2) is 4.80 Å².